The molecule has 3 saturated carbocycles. The Morgan fingerprint density at radius 3 is 2.62 bits per heavy atom. The molecule has 7 heteroatoms. The van der Waals surface area contributed by atoms with Gasteiger partial charge in [0.25, 0.3) is 0 Å². The van der Waals surface area contributed by atoms with E-state index in [4.69, 9.17) is 9.47 Å². The summed E-state index contributed by atoms with van der Waals surface area (Å²) in [5.74, 6) is -0.970. The summed E-state index contributed by atoms with van der Waals surface area (Å²) in [6.45, 7) is 11.7. The average Bonchev–Trinajstić information content (AvgIpc) is 3.13. The number of fused-ring (bicyclic) bond motifs is 7. The van der Waals surface area contributed by atoms with Gasteiger partial charge in [-0.25, -0.2) is 4.39 Å². The van der Waals surface area contributed by atoms with Gasteiger partial charge < -0.3 is 24.7 Å². The summed E-state index contributed by atoms with van der Waals surface area (Å²) in [5, 5.41) is 28.6. The zero-order valence-corrected chi connectivity index (χ0v) is 21.2. The Bertz CT molecular complexity index is 989. The van der Waals surface area contributed by atoms with Crippen LogP contribution < -0.4 is 0 Å². The Balaban J connectivity index is 1.64. The zero-order valence-electron chi connectivity index (χ0n) is 21.2. The van der Waals surface area contributed by atoms with Crippen molar-refractivity contribution in [1.29, 1.82) is 0 Å². The van der Waals surface area contributed by atoms with Crippen molar-refractivity contribution in [2.45, 2.75) is 76.7 Å². The lowest BCUT2D eigenvalue weighted by molar-refractivity contribution is -0.211. The third-order valence-electron chi connectivity index (χ3n) is 9.46. The van der Waals surface area contributed by atoms with E-state index in [0.29, 0.717) is 25.0 Å². The highest BCUT2D eigenvalue weighted by Crippen LogP contribution is 2.70. The second kappa shape index (κ2) is 7.48. The maximum Gasteiger partial charge on any atom is 0.164 e. The molecule has 9 atom stereocenters. The van der Waals surface area contributed by atoms with Crippen molar-refractivity contribution in [2.24, 2.45) is 33.7 Å². The van der Waals surface area contributed by atoms with E-state index in [2.05, 4.69) is 25.5 Å². The van der Waals surface area contributed by atoms with Crippen molar-refractivity contribution in [1.82, 2.24) is 5.01 Å². The fourth-order valence-electron chi connectivity index (χ4n) is 8.49. The lowest BCUT2D eigenvalue weighted by Gasteiger charge is -2.60. The van der Waals surface area contributed by atoms with Gasteiger partial charge in [-0.15, -0.1) is 0 Å². The topological polar surface area (TPSA) is 74.5 Å². The highest BCUT2D eigenvalue weighted by atomic mass is 19.1. The molecule has 0 aromatic heterocycles. The Morgan fingerprint density at radius 1 is 1.26 bits per heavy atom. The molecule has 5 aliphatic rings. The lowest BCUT2D eigenvalue weighted by atomic mass is 9.45. The first-order valence-electron chi connectivity index (χ1n) is 12.5. The summed E-state index contributed by atoms with van der Waals surface area (Å²) < 4.78 is 28.9. The summed E-state index contributed by atoms with van der Waals surface area (Å²) in [4.78, 5) is 0. The van der Waals surface area contributed by atoms with E-state index in [1.807, 2.05) is 46.2 Å². The highest BCUT2D eigenvalue weighted by Gasteiger charge is 2.76. The predicted molar refractivity (Wildman–Crippen MR) is 129 cm³/mol. The standard InChI is InChI=1S/C27H39FN2O4/c1-15-8-9-25(4)18(10-15)19(28)11-16-17-12-22-27(34-24(2,3)33-22,21(14-31)29-30(6)7)26(17,5)13-20(32)23(16)25/h8-10,16-17,19-20,22-23,31-32H,1,11-14H2,2-7H3/b29-21-/t16-,17-,19-,20-,22+,23+,25-,26-,27+/m0/s1. The van der Waals surface area contributed by atoms with Crippen LogP contribution in [0.5, 0.6) is 0 Å². The van der Waals surface area contributed by atoms with Gasteiger partial charge in [0, 0.05) is 30.8 Å². The summed E-state index contributed by atoms with van der Waals surface area (Å²) in [5.41, 5.74) is -0.0930. The minimum atomic E-state index is -1.09. The molecule has 2 N–H and O–H groups in total. The Hall–Kier alpha value is -1.54. The third-order valence-corrected chi connectivity index (χ3v) is 9.46. The number of allylic oxidation sites excluding steroid dienone is 5. The minimum absolute atomic E-state index is 0.0519. The number of alkyl halides is 1. The number of hydrazone groups is 1. The molecular weight excluding hydrogens is 435 g/mol. The van der Waals surface area contributed by atoms with Crippen molar-refractivity contribution in [3.05, 3.63) is 36.0 Å². The van der Waals surface area contributed by atoms with Crippen molar-refractivity contribution >= 4 is 5.71 Å². The first-order chi connectivity index (χ1) is 15.8. The van der Waals surface area contributed by atoms with Crippen LogP contribution in [0.1, 0.15) is 47.0 Å². The number of hydrogen-bond donors (Lipinski definition) is 2. The van der Waals surface area contributed by atoms with Crippen LogP contribution in [-0.2, 0) is 9.47 Å². The molecule has 0 bridgehead atoms. The van der Waals surface area contributed by atoms with Crippen molar-refractivity contribution < 1.29 is 24.1 Å². The number of nitrogens with zero attached hydrogens (tertiary/aromatic N) is 2. The normalized spacial score (nSPS) is 49.1. The third kappa shape index (κ3) is 3.03. The van der Waals surface area contributed by atoms with Gasteiger partial charge in [-0.3, -0.25) is 0 Å². The van der Waals surface area contributed by atoms with Crippen LogP contribution in [0.2, 0.25) is 0 Å². The molecule has 0 aromatic carbocycles. The smallest absolute Gasteiger partial charge is 0.164 e. The zero-order chi connectivity index (χ0) is 24.8. The number of aliphatic hydroxyl groups excluding tert-OH is 2. The molecule has 4 fully saturated rings. The van der Waals surface area contributed by atoms with Gasteiger partial charge in [0.2, 0.25) is 0 Å². The number of hydrogen-bond acceptors (Lipinski definition) is 6. The molecule has 188 valence electrons. The van der Waals surface area contributed by atoms with E-state index in [9.17, 15) is 10.2 Å². The molecule has 1 aliphatic heterocycles. The quantitative estimate of drug-likeness (QED) is 0.483. The Morgan fingerprint density at radius 2 is 1.97 bits per heavy atom. The van der Waals surface area contributed by atoms with Crippen LogP contribution in [-0.4, -0.2) is 71.4 Å². The lowest BCUT2D eigenvalue weighted by Crippen LogP contribution is -2.64. The monoisotopic (exact) mass is 474 g/mol. The second-order valence-electron chi connectivity index (χ2n) is 12.1. The van der Waals surface area contributed by atoms with E-state index in [-0.39, 0.29) is 30.5 Å². The van der Waals surface area contributed by atoms with Crippen molar-refractivity contribution in [3.63, 3.8) is 0 Å². The summed E-state index contributed by atoms with van der Waals surface area (Å²) >= 11 is 0. The van der Waals surface area contributed by atoms with Gasteiger partial charge in [-0.05, 0) is 56.1 Å². The van der Waals surface area contributed by atoms with E-state index in [1.165, 1.54) is 0 Å². The van der Waals surface area contributed by atoms with Gasteiger partial charge in [-0.2, -0.15) is 5.10 Å². The number of rotatable bonds is 3. The molecule has 0 spiro atoms. The molecule has 0 unspecified atom stereocenters. The molecule has 0 radical (unpaired) electrons. The van der Waals surface area contributed by atoms with E-state index in [1.54, 1.807) is 5.01 Å². The number of aliphatic hydroxyl groups is 2. The fraction of sp³-hybridized carbons (Fsp3) is 0.741. The summed E-state index contributed by atoms with van der Waals surface area (Å²) in [6.07, 6.45) is 5.29. The van der Waals surface area contributed by atoms with Crippen molar-refractivity contribution in [3.8, 4) is 0 Å². The largest absolute Gasteiger partial charge is 0.393 e. The van der Waals surface area contributed by atoms with Crippen LogP contribution in [0, 0.1) is 28.6 Å². The van der Waals surface area contributed by atoms with E-state index >= 15 is 4.39 Å². The maximum absolute atomic E-state index is 15.8. The average molecular weight is 475 g/mol. The molecule has 5 rings (SSSR count). The van der Waals surface area contributed by atoms with E-state index in [0.717, 1.165) is 11.1 Å². The summed E-state index contributed by atoms with van der Waals surface area (Å²) in [6, 6.07) is 0. The van der Waals surface area contributed by atoms with Crippen LogP contribution in [0.25, 0.3) is 0 Å². The molecule has 4 aliphatic carbocycles. The van der Waals surface area contributed by atoms with E-state index < -0.39 is 34.5 Å². The molecule has 6 nitrogen and oxygen atoms in total. The van der Waals surface area contributed by atoms with Crippen LogP contribution >= 0.6 is 0 Å². The SMILES string of the molecule is C=C1C=C[C@@]2(C)C(=C1)[C@@H](F)C[C@@H]1[C@@H]2[C@@H](O)C[C@@]2(C)[C@H]1C[C@H]1OC(C)(C)O[C@]12/C(CO)=N\N(C)C. The van der Waals surface area contributed by atoms with Gasteiger partial charge in [0.1, 0.15) is 11.8 Å². The molecule has 0 amide bonds. The second-order valence-corrected chi connectivity index (χ2v) is 12.1. The maximum atomic E-state index is 15.8. The van der Waals surface area contributed by atoms with Crippen LogP contribution in [0.4, 0.5) is 4.39 Å². The molecule has 34 heavy (non-hydrogen) atoms. The number of halogens is 1. The van der Waals surface area contributed by atoms with Gasteiger partial charge in [0.15, 0.2) is 5.79 Å². The first kappa shape index (κ1) is 24.2. The van der Waals surface area contributed by atoms with Crippen LogP contribution in [0.15, 0.2) is 41.1 Å². The Labute approximate surface area is 202 Å². The molecule has 1 saturated heterocycles. The molecular formula is C27H39FN2O4. The van der Waals surface area contributed by atoms with Crippen LogP contribution in [0.3, 0.4) is 0 Å². The minimum Gasteiger partial charge on any atom is -0.393 e. The molecule has 0 aromatic rings. The predicted octanol–water partition coefficient (Wildman–Crippen LogP) is 3.61. The number of ether oxygens (including phenoxy) is 2. The van der Waals surface area contributed by atoms with Gasteiger partial charge in [-0.1, -0.05) is 38.7 Å². The Kier molecular flexibility index (Phi) is 5.32. The van der Waals surface area contributed by atoms with Crippen molar-refractivity contribution in [2.75, 3.05) is 20.7 Å². The van der Waals surface area contributed by atoms with Gasteiger partial charge in [0.05, 0.1) is 24.5 Å². The summed E-state index contributed by atoms with van der Waals surface area (Å²) in [7, 11) is 3.63. The highest BCUT2D eigenvalue weighted by molar-refractivity contribution is 5.96. The molecule has 1 heterocycles. The first-order valence-corrected chi connectivity index (χ1v) is 12.5. The fourth-order valence-corrected chi connectivity index (χ4v) is 8.49. The van der Waals surface area contributed by atoms with Gasteiger partial charge >= 0.3 is 0 Å².